The maximum absolute atomic E-state index is 11.7. The molecule has 0 aliphatic heterocycles. The molecule has 0 saturated carbocycles. The molecule has 0 fully saturated rings. The van der Waals surface area contributed by atoms with Crippen LogP contribution in [0.4, 0.5) is 5.69 Å². The average molecular weight is 244 g/mol. The summed E-state index contributed by atoms with van der Waals surface area (Å²) in [5.41, 5.74) is 0.384. The second-order valence-corrected chi connectivity index (χ2v) is 4.27. The molecule has 0 bridgehead atoms. The van der Waals surface area contributed by atoms with Crippen molar-refractivity contribution >= 4 is 17.3 Å². The van der Waals surface area contributed by atoms with E-state index in [2.05, 4.69) is 24.3 Å². The smallest absolute Gasteiger partial charge is 0.287 e. The summed E-state index contributed by atoms with van der Waals surface area (Å²) in [6, 6.07) is 0. The maximum atomic E-state index is 11.7. The Balaban J connectivity index is 2.83. The van der Waals surface area contributed by atoms with Crippen LogP contribution in [0.1, 0.15) is 27.2 Å². The molecule has 5 heteroatoms. The first-order valence-electron chi connectivity index (χ1n) is 5.59. The van der Waals surface area contributed by atoms with Crippen molar-refractivity contribution < 1.29 is 0 Å². The minimum atomic E-state index is -0.238. The van der Waals surface area contributed by atoms with Crippen LogP contribution in [0.5, 0.6) is 0 Å². The number of hydrogen-bond donors (Lipinski definition) is 1. The Morgan fingerprint density at radius 1 is 1.56 bits per heavy atom. The van der Waals surface area contributed by atoms with E-state index in [4.69, 9.17) is 11.6 Å². The van der Waals surface area contributed by atoms with E-state index < -0.39 is 0 Å². The molecule has 0 amide bonds. The lowest BCUT2D eigenvalue weighted by atomic mass is 10.1. The first-order chi connectivity index (χ1) is 7.60. The number of halogens is 1. The van der Waals surface area contributed by atoms with Crippen molar-refractivity contribution in [1.29, 1.82) is 0 Å². The van der Waals surface area contributed by atoms with Crippen LogP contribution < -0.4 is 10.9 Å². The van der Waals surface area contributed by atoms with Gasteiger partial charge in [-0.15, -0.1) is 0 Å². The van der Waals surface area contributed by atoms with Crippen LogP contribution in [0, 0.1) is 5.92 Å². The lowest BCUT2D eigenvalue weighted by Gasteiger charge is -2.12. The summed E-state index contributed by atoms with van der Waals surface area (Å²) in [5.74, 6) is 0.546. The number of rotatable bonds is 5. The van der Waals surface area contributed by atoms with Gasteiger partial charge in [0.15, 0.2) is 0 Å². The van der Waals surface area contributed by atoms with Gasteiger partial charge < -0.3 is 5.32 Å². The Hall–Kier alpha value is -1.03. The Kier molecular flexibility index (Phi) is 4.80. The van der Waals surface area contributed by atoms with Crippen molar-refractivity contribution in [2.24, 2.45) is 5.92 Å². The van der Waals surface area contributed by atoms with Gasteiger partial charge in [0.2, 0.25) is 0 Å². The molecule has 1 aromatic heterocycles. The fourth-order valence-corrected chi connectivity index (χ4v) is 1.46. The topological polar surface area (TPSA) is 46.9 Å². The Morgan fingerprint density at radius 2 is 2.25 bits per heavy atom. The van der Waals surface area contributed by atoms with E-state index >= 15 is 0 Å². The van der Waals surface area contributed by atoms with Gasteiger partial charge >= 0.3 is 0 Å². The molecule has 1 atom stereocenters. The predicted molar refractivity (Wildman–Crippen MR) is 67.1 cm³/mol. The van der Waals surface area contributed by atoms with Crippen LogP contribution in [-0.4, -0.2) is 16.3 Å². The lowest BCUT2D eigenvalue weighted by Crippen LogP contribution is -2.24. The zero-order valence-electron chi connectivity index (χ0n) is 9.96. The third-order valence-corrected chi connectivity index (χ3v) is 2.99. The normalized spacial score (nSPS) is 12.5. The molecule has 0 aliphatic carbocycles. The SMILES string of the molecule is CCC(C)CNc1cnn(CC)c(=O)c1Cl. The zero-order chi connectivity index (χ0) is 12.1. The number of aryl methyl sites for hydroxylation is 1. The zero-order valence-corrected chi connectivity index (χ0v) is 10.7. The van der Waals surface area contributed by atoms with Crippen molar-refractivity contribution in [3.05, 3.63) is 21.6 Å². The van der Waals surface area contributed by atoms with Crippen LogP contribution in [0.15, 0.2) is 11.0 Å². The molecule has 4 nitrogen and oxygen atoms in total. The highest BCUT2D eigenvalue weighted by atomic mass is 35.5. The third-order valence-electron chi connectivity index (χ3n) is 2.62. The van der Waals surface area contributed by atoms with Gasteiger partial charge in [0.05, 0.1) is 11.9 Å². The van der Waals surface area contributed by atoms with Crippen LogP contribution in [0.3, 0.4) is 0 Å². The highest BCUT2D eigenvalue weighted by molar-refractivity contribution is 6.32. The number of hydrogen-bond acceptors (Lipinski definition) is 3. The molecule has 0 saturated heterocycles. The molecular formula is C11H18ClN3O. The average Bonchev–Trinajstić information content (AvgIpc) is 2.30. The van der Waals surface area contributed by atoms with Crippen LogP contribution in [-0.2, 0) is 6.54 Å². The second-order valence-electron chi connectivity index (χ2n) is 3.89. The standard InChI is InChI=1S/C11H18ClN3O/c1-4-8(3)6-13-9-7-14-15(5-2)11(16)10(9)12/h7-8,13H,4-6H2,1-3H3. The maximum Gasteiger partial charge on any atom is 0.287 e. The highest BCUT2D eigenvalue weighted by Gasteiger charge is 2.08. The van der Waals surface area contributed by atoms with Gasteiger partial charge in [-0.1, -0.05) is 31.9 Å². The lowest BCUT2D eigenvalue weighted by molar-refractivity contribution is 0.590. The summed E-state index contributed by atoms with van der Waals surface area (Å²) in [6.07, 6.45) is 2.69. The summed E-state index contributed by atoms with van der Waals surface area (Å²) >= 11 is 5.97. The first-order valence-corrected chi connectivity index (χ1v) is 5.97. The van der Waals surface area contributed by atoms with Crippen LogP contribution in [0.2, 0.25) is 5.02 Å². The fourth-order valence-electron chi connectivity index (χ4n) is 1.24. The van der Waals surface area contributed by atoms with Crippen molar-refractivity contribution in [3.63, 3.8) is 0 Å². The van der Waals surface area contributed by atoms with Crippen molar-refractivity contribution in [2.75, 3.05) is 11.9 Å². The van der Waals surface area contributed by atoms with Gasteiger partial charge in [-0.2, -0.15) is 5.10 Å². The molecule has 1 aromatic rings. The van der Waals surface area contributed by atoms with Crippen molar-refractivity contribution in [2.45, 2.75) is 33.7 Å². The summed E-state index contributed by atoms with van der Waals surface area (Å²) in [7, 11) is 0. The monoisotopic (exact) mass is 243 g/mol. The summed E-state index contributed by atoms with van der Waals surface area (Å²) in [4.78, 5) is 11.7. The second kappa shape index (κ2) is 5.89. The Morgan fingerprint density at radius 3 is 2.81 bits per heavy atom. The van der Waals surface area contributed by atoms with E-state index in [9.17, 15) is 4.79 Å². The number of anilines is 1. The largest absolute Gasteiger partial charge is 0.382 e. The van der Waals surface area contributed by atoms with Crippen LogP contribution in [0.25, 0.3) is 0 Å². The van der Waals surface area contributed by atoms with E-state index in [-0.39, 0.29) is 10.6 Å². The number of nitrogens with zero attached hydrogens (tertiary/aromatic N) is 2. The molecule has 1 heterocycles. The highest BCUT2D eigenvalue weighted by Crippen LogP contribution is 2.16. The van der Waals surface area contributed by atoms with E-state index in [1.165, 1.54) is 4.68 Å². The summed E-state index contributed by atoms with van der Waals surface area (Å²) in [6.45, 7) is 7.46. The Bertz CT molecular complexity index is 403. The van der Waals surface area contributed by atoms with Gasteiger partial charge in [0.1, 0.15) is 5.02 Å². The minimum Gasteiger partial charge on any atom is -0.382 e. The molecule has 1 N–H and O–H groups in total. The molecular weight excluding hydrogens is 226 g/mol. The molecule has 0 radical (unpaired) electrons. The van der Waals surface area contributed by atoms with E-state index in [0.717, 1.165) is 13.0 Å². The molecule has 0 aromatic carbocycles. The molecule has 16 heavy (non-hydrogen) atoms. The van der Waals surface area contributed by atoms with E-state index in [1.807, 2.05) is 6.92 Å². The number of aromatic nitrogens is 2. The Labute approximate surface area is 101 Å². The van der Waals surface area contributed by atoms with Gasteiger partial charge in [0, 0.05) is 13.1 Å². The van der Waals surface area contributed by atoms with E-state index in [0.29, 0.717) is 18.2 Å². The van der Waals surface area contributed by atoms with Crippen LogP contribution >= 0.6 is 11.6 Å². The predicted octanol–water partition coefficient (Wildman–Crippen LogP) is 2.37. The molecule has 1 unspecified atom stereocenters. The number of nitrogens with one attached hydrogen (secondary N) is 1. The van der Waals surface area contributed by atoms with Gasteiger partial charge in [-0.05, 0) is 12.8 Å². The molecule has 0 aliphatic rings. The van der Waals surface area contributed by atoms with Gasteiger partial charge in [-0.25, -0.2) is 4.68 Å². The van der Waals surface area contributed by atoms with E-state index in [1.54, 1.807) is 6.20 Å². The summed E-state index contributed by atoms with van der Waals surface area (Å²) < 4.78 is 1.34. The molecule has 0 spiro atoms. The molecule has 90 valence electrons. The summed E-state index contributed by atoms with van der Waals surface area (Å²) in [5, 5.41) is 7.39. The van der Waals surface area contributed by atoms with Crippen molar-refractivity contribution in [3.8, 4) is 0 Å². The van der Waals surface area contributed by atoms with Crippen molar-refractivity contribution in [1.82, 2.24) is 9.78 Å². The van der Waals surface area contributed by atoms with Gasteiger partial charge in [-0.3, -0.25) is 4.79 Å². The third kappa shape index (κ3) is 2.98. The quantitative estimate of drug-likeness (QED) is 0.864. The fraction of sp³-hybridized carbons (Fsp3) is 0.636. The molecule has 1 rings (SSSR count). The minimum absolute atomic E-state index is 0.222. The van der Waals surface area contributed by atoms with Gasteiger partial charge in [0.25, 0.3) is 5.56 Å². The first kappa shape index (κ1) is 13.0.